The molecule has 1 saturated carbocycles. The third-order valence-corrected chi connectivity index (χ3v) is 9.73. The predicted molar refractivity (Wildman–Crippen MR) is 157 cm³/mol. The maximum atomic E-state index is 13.9. The molecule has 1 heterocycles. The van der Waals surface area contributed by atoms with Gasteiger partial charge in [0.25, 0.3) is 0 Å². The van der Waals surface area contributed by atoms with E-state index in [-0.39, 0.29) is 29.9 Å². The summed E-state index contributed by atoms with van der Waals surface area (Å²) in [7, 11) is -2.30. The van der Waals surface area contributed by atoms with Crippen molar-refractivity contribution in [3.8, 4) is 5.75 Å². The molecule has 0 aliphatic heterocycles. The zero-order valence-electron chi connectivity index (χ0n) is 22.8. The number of benzene rings is 2. The second-order valence-electron chi connectivity index (χ2n) is 10.1. The van der Waals surface area contributed by atoms with Gasteiger partial charge in [-0.2, -0.15) is 4.31 Å². The lowest BCUT2D eigenvalue weighted by atomic mass is 9.94. The minimum Gasteiger partial charge on any atom is -0.497 e. The van der Waals surface area contributed by atoms with Crippen LogP contribution in [0, 0.1) is 0 Å². The van der Waals surface area contributed by atoms with Crippen LogP contribution in [0.25, 0.3) is 0 Å². The second kappa shape index (κ2) is 13.6. The second-order valence-corrected chi connectivity index (χ2v) is 12.9. The van der Waals surface area contributed by atoms with Crippen LogP contribution in [-0.4, -0.2) is 54.3 Å². The van der Waals surface area contributed by atoms with E-state index in [2.05, 4.69) is 38.7 Å². The Bertz CT molecular complexity index is 1320. The number of hydrogen-bond donors (Lipinski definition) is 0. The van der Waals surface area contributed by atoms with E-state index in [1.807, 2.05) is 36.2 Å². The number of nitrogens with zero attached hydrogens (tertiary/aromatic N) is 3. The topological polar surface area (TPSA) is 71.9 Å². The van der Waals surface area contributed by atoms with Gasteiger partial charge in [-0.1, -0.05) is 54.2 Å². The molecular formula is C30H38BrN3O4S. The first-order valence-corrected chi connectivity index (χ1v) is 15.9. The number of carbonyl (C=O) groups excluding carboxylic acids is 1. The number of halogens is 1. The molecule has 39 heavy (non-hydrogen) atoms. The minimum atomic E-state index is -3.84. The van der Waals surface area contributed by atoms with Crippen LogP contribution in [0.4, 0.5) is 0 Å². The van der Waals surface area contributed by atoms with Crippen LogP contribution in [0.2, 0.25) is 0 Å². The Morgan fingerprint density at radius 3 is 2.36 bits per heavy atom. The van der Waals surface area contributed by atoms with E-state index in [9.17, 15) is 13.2 Å². The van der Waals surface area contributed by atoms with Crippen molar-refractivity contribution >= 4 is 31.9 Å². The highest BCUT2D eigenvalue weighted by Crippen LogP contribution is 2.26. The van der Waals surface area contributed by atoms with Crippen molar-refractivity contribution in [2.24, 2.45) is 0 Å². The summed E-state index contributed by atoms with van der Waals surface area (Å²) in [6.45, 7) is 3.19. The number of hydrogen-bond acceptors (Lipinski definition) is 4. The molecule has 1 aliphatic carbocycles. The van der Waals surface area contributed by atoms with Crippen LogP contribution in [0.3, 0.4) is 0 Å². The van der Waals surface area contributed by atoms with Crippen LogP contribution in [-0.2, 0) is 27.9 Å². The maximum Gasteiger partial charge on any atom is 0.243 e. The predicted octanol–water partition coefficient (Wildman–Crippen LogP) is 6.07. The number of rotatable bonds is 12. The normalized spacial score (nSPS) is 14.5. The lowest BCUT2D eigenvalue weighted by Crippen LogP contribution is -2.47. The Morgan fingerprint density at radius 1 is 1.03 bits per heavy atom. The molecule has 3 aromatic rings. The zero-order valence-corrected chi connectivity index (χ0v) is 25.2. The van der Waals surface area contributed by atoms with Gasteiger partial charge in [-0.25, -0.2) is 8.42 Å². The van der Waals surface area contributed by atoms with Crippen LogP contribution in [0.5, 0.6) is 5.75 Å². The van der Waals surface area contributed by atoms with Gasteiger partial charge in [0.15, 0.2) is 0 Å². The van der Waals surface area contributed by atoms with Gasteiger partial charge in [0.2, 0.25) is 15.9 Å². The quantitative estimate of drug-likeness (QED) is 0.248. The van der Waals surface area contributed by atoms with Crippen molar-refractivity contribution in [2.75, 3.05) is 20.2 Å². The van der Waals surface area contributed by atoms with Crippen molar-refractivity contribution in [1.82, 2.24) is 13.8 Å². The number of aromatic nitrogens is 1. The molecule has 4 rings (SSSR count). The first-order valence-electron chi connectivity index (χ1n) is 13.6. The van der Waals surface area contributed by atoms with Gasteiger partial charge in [0.05, 0.1) is 25.1 Å². The summed E-state index contributed by atoms with van der Waals surface area (Å²) in [5.41, 5.74) is 2.21. The summed E-state index contributed by atoms with van der Waals surface area (Å²) in [6.07, 6.45) is 7.87. The van der Waals surface area contributed by atoms with Crippen molar-refractivity contribution < 1.29 is 17.9 Å². The molecule has 1 aliphatic rings. The maximum absolute atomic E-state index is 13.9. The van der Waals surface area contributed by atoms with E-state index in [4.69, 9.17) is 4.74 Å². The Balaban J connectivity index is 1.56. The van der Waals surface area contributed by atoms with Crippen molar-refractivity contribution in [1.29, 1.82) is 0 Å². The van der Waals surface area contributed by atoms with E-state index in [0.29, 0.717) is 25.3 Å². The average molecular weight is 617 g/mol. The molecule has 1 fully saturated rings. The SMILES string of the molecule is CCCN(CC(=O)N(Cc1cccn1Cc1ccc(Br)cc1)C1CCCCC1)S(=O)(=O)c1ccc(OC)cc1. The van der Waals surface area contributed by atoms with E-state index < -0.39 is 10.0 Å². The molecule has 0 N–H and O–H groups in total. The molecule has 0 bridgehead atoms. The molecule has 2 aromatic carbocycles. The van der Waals surface area contributed by atoms with Crippen LogP contribution < -0.4 is 4.74 Å². The number of carbonyl (C=O) groups is 1. The molecule has 210 valence electrons. The van der Waals surface area contributed by atoms with E-state index in [1.54, 1.807) is 19.2 Å². The Kier molecular flexibility index (Phi) is 10.3. The summed E-state index contributed by atoms with van der Waals surface area (Å²) >= 11 is 3.49. The molecule has 0 atom stereocenters. The Hall–Kier alpha value is -2.62. The monoisotopic (exact) mass is 615 g/mol. The van der Waals surface area contributed by atoms with E-state index >= 15 is 0 Å². The lowest BCUT2D eigenvalue weighted by Gasteiger charge is -2.36. The van der Waals surface area contributed by atoms with Gasteiger partial charge in [0, 0.05) is 35.5 Å². The van der Waals surface area contributed by atoms with Crippen molar-refractivity contribution in [3.63, 3.8) is 0 Å². The fraction of sp³-hybridized carbons (Fsp3) is 0.433. The molecule has 0 radical (unpaired) electrons. The molecule has 1 amide bonds. The highest BCUT2D eigenvalue weighted by atomic mass is 79.9. The highest BCUT2D eigenvalue weighted by Gasteiger charge is 2.31. The van der Waals surface area contributed by atoms with Crippen LogP contribution in [0.1, 0.15) is 56.7 Å². The summed E-state index contributed by atoms with van der Waals surface area (Å²) in [4.78, 5) is 16.0. The molecule has 9 heteroatoms. The Labute approximate surface area is 240 Å². The molecule has 0 unspecified atom stereocenters. The van der Waals surface area contributed by atoms with E-state index in [1.165, 1.54) is 28.4 Å². The van der Waals surface area contributed by atoms with Gasteiger partial charge in [-0.15, -0.1) is 0 Å². The minimum absolute atomic E-state index is 0.106. The molecular weight excluding hydrogens is 578 g/mol. The fourth-order valence-corrected chi connectivity index (χ4v) is 6.94. The fourth-order valence-electron chi connectivity index (χ4n) is 5.19. The first-order chi connectivity index (χ1) is 18.8. The lowest BCUT2D eigenvalue weighted by molar-refractivity contribution is -0.135. The van der Waals surface area contributed by atoms with Gasteiger partial charge >= 0.3 is 0 Å². The molecule has 7 nitrogen and oxygen atoms in total. The van der Waals surface area contributed by atoms with E-state index in [0.717, 1.165) is 35.8 Å². The van der Waals surface area contributed by atoms with Crippen LogP contribution >= 0.6 is 15.9 Å². The number of sulfonamides is 1. The largest absolute Gasteiger partial charge is 0.497 e. The summed E-state index contributed by atoms with van der Waals surface area (Å²) in [5, 5.41) is 0. The number of amides is 1. The number of methoxy groups -OCH3 is 1. The third-order valence-electron chi connectivity index (χ3n) is 7.34. The number of ether oxygens (including phenoxy) is 1. The summed E-state index contributed by atoms with van der Waals surface area (Å²) in [6, 6.07) is 18.7. The first kappa shape index (κ1) is 29.4. The molecule has 0 saturated heterocycles. The summed E-state index contributed by atoms with van der Waals surface area (Å²) in [5.74, 6) is 0.436. The van der Waals surface area contributed by atoms with Gasteiger partial charge < -0.3 is 14.2 Å². The van der Waals surface area contributed by atoms with Gasteiger partial charge in [0.1, 0.15) is 5.75 Å². The third kappa shape index (κ3) is 7.52. The standard InChI is InChI=1S/C30H38BrN3O4S/c1-3-19-33(39(36,37)29-17-15-28(38-2)16-18-29)23-30(35)34(26-8-5-4-6-9-26)22-27-10-7-20-32(27)21-24-11-13-25(31)14-12-24/h7,10-18,20,26H,3-6,8-9,19,21-23H2,1-2H3. The molecule has 1 aromatic heterocycles. The van der Waals surface area contributed by atoms with Crippen LogP contribution in [0.15, 0.2) is 76.2 Å². The zero-order chi connectivity index (χ0) is 27.8. The Morgan fingerprint density at radius 2 is 1.72 bits per heavy atom. The van der Waals surface area contributed by atoms with Crippen molar-refractivity contribution in [2.45, 2.75) is 69.5 Å². The van der Waals surface area contributed by atoms with Gasteiger partial charge in [-0.3, -0.25) is 4.79 Å². The van der Waals surface area contributed by atoms with Gasteiger partial charge in [-0.05, 0) is 73.4 Å². The highest BCUT2D eigenvalue weighted by molar-refractivity contribution is 9.10. The van der Waals surface area contributed by atoms with Crippen molar-refractivity contribution in [3.05, 3.63) is 82.6 Å². The molecule has 0 spiro atoms. The average Bonchev–Trinajstić information content (AvgIpc) is 3.39. The smallest absolute Gasteiger partial charge is 0.243 e. The summed E-state index contributed by atoms with van der Waals surface area (Å²) < 4.78 is 36.8.